The van der Waals surface area contributed by atoms with Gasteiger partial charge >= 0.3 is 0 Å². The van der Waals surface area contributed by atoms with Crippen LogP contribution >= 0.6 is 15.9 Å². The summed E-state index contributed by atoms with van der Waals surface area (Å²) >= 11 is 3.31. The molecule has 22 heavy (non-hydrogen) atoms. The van der Waals surface area contributed by atoms with E-state index in [-0.39, 0.29) is 24.8 Å². The van der Waals surface area contributed by atoms with Crippen LogP contribution < -0.4 is 10.6 Å². The van der Waals surface area contributed by atoms with Crippen LogP contribution in [0.3, 0.4) is 0 Å². The van der Waals surface area contributed by atoms with E-state index >= 15 is 0 Å². The maximum atomic E-state index is 11.9. The monoisotopic (exact) mass is 364 g/mol. The summed E-state index contributed by atoms with van der Waals surface area (Å²) in [6, 6.07) is 7.03. The molecule has 1 rings (SSSR count). The van der Waals surface area contributed by atoms with Crippen LogP contribution in [0.15, 0.2) is 28.7 Å². The summed E-state index contributed by atoms with van der Waals surface area (Å²) in [5, 5.41) is 5.59. The summed E-state index contributed by atoms with van der Waals surface area (Å²) in [7, 11) is 0. The van der Waals surface area contributed by atoms with E-state index in [0.29, 0.717) is 18.4 Å². The number of rotatable bonds is 7. The van der Waals surface area contributed by atoms with Crippen LogP contribution in [0.25, 0.3) is 0 Å². The van der Waals surface area contributed by atoms with Crippen LogP contribution in [0, 0.1) is 12.3 Å². The number of hydrogen-bond acceptors (Lipinski definition) is 2. The Balaban J connectivity index is 2.44. The number of halogens is 1. The van der Waals surface area contributed by atoms with Crippen LogP contribution in [-0.4, -0.2) is 23.9 Å². The van der Waals surface area contributed by atoms with Gasteiger partial charge < -0.3 is 10.6 Å². The third-order valence-corrected chi connectivity index (χ3v) is 4.13. The van der Waals surface area contributed by atoms with Crippen molar-refractivity contribution >= 4 is 27.7 Å². The smallest absolute Gasteiger partial charge is 0.251 e. The number of benzene rings is 1. The number of terminal acetylenes is 1. The lowest BCUT2D eigenvalue weighted by molar-refractivity contribution is -0.122. The van der Waals surface area contributed by atoms with E-state index in [1.165, 1.54) is 0 Å². The van der Waals surface area contributed by atoms with Crippen LogP contribution in [0.1, 0.15) is 43.5 Å². The van der Waals surface area contributed by atoms with Crippen LogP contribution in [0.5, 0.6) is 0 Å². The van der Waals surface area contributed by atoms with Gasteiger partial charge in [-0.1, -0.05) is 35.7 Å². The Morgan fingerprint density at radius 1 is 1.23 bits per heavy atom. The van der Waals surface area contributed by atoms with Crippen LogP contribution in [0.2, 0.25) is 0 Å². The third kappa shape index (κ3) is 5.19. The molecule has 1 aromatic carbocycles. The standard InChI is InChI=1S/C17H21BrN2O2/c1-4-17(5-2,6-3)20-15(21)11-12-19-16(22)13-7-9-14(18)10-8-13/h1,7-10H,5-6,11-12H2,2-3H3,(H,19,22)(H,20,21). The summed E-state index contributed by atoms with van der Waals surface area (Å²) in [6.07, 6.45) is 7.06. The molecule has 118 valence electrons. The van der Waals surface area contributed by atoms with Gasteiger partial charge in [0.15, 0.2) is 0 Å². The Bertz CT molecular complexity index is 557. The van der Waals surface area contributed by atoms with Gasteiger partial charge in [-0.3, -0.25) is 9.59 Å². The zero-order chi connectivity index (χ0) is 16.6. The first-order valence-electron chi connectivity index (χ1n) is 7.29. The molecule has 0 aliphatic heterocycles. The minimum atomic E-state index is -0.590. The Morgan fingerprint density at radius 2 is 1.82 bits per heavy atom. The molecule has 5 heteroatoms. The lowest BCUT2D eigenvalue weighted by atomic mass is 9.94. The summed E-state index contributed by atoms with van der Waals surface area (Å²) in [4.78, 5) is 23.8. The van der Waals surface area contributed by atoms with Crippen molar-refractivity contribution in [1.82, 2.24) is 10.6 Å². The highest BCUT2D eigenvalue weighted by atomic mass is 79.9. The molecule has 0 spiro atoms. The molecule has 0 unspecified atom stereocenters. The largest absolute Gasteiger partial charge is 0.352 e. The molecule has 4 nitrogen and oxygen atoms in total. The fraction of sp³-hybridized carbons (Fsp3) is 0.412. The van der Waals surface area contributed by atoms with Gasteiger partial charge in [-0.25, -0.2) is 0 Å². The molecule has 0 radical (unpaired) electrons. The maximum absolute atomic E-state index is 11.9. The van der Waals surface area contributed by atoms with Crippen molar-refractivity contribution in [1.29, 1.82) is 0 Å². The average Bonchev–Trinajstić information content (AvgIpc) is 2.53. The fourth-order valence-electron chi connectivity index (χ4n) is 1.99. The van der Waals surface area contributed by atoms with E-state index in [1.54, 1.807) is 24.3 Å². The predicted molar refractivity (Wildman–Crippen MR) is 91.4 cm³/mol. The van der Waals surface area contributed by atoms with Crippen LogP contribution in [-0.2, 0) is 4.79 Å². The first kappa shape index (κ1) is 18.2. The second-order valence-corrected chi connectivity index (χ2v) is 5.91. The molecule has 0 aliphatic rings. The SMILES string of the molecule is C#CC(CC)(CC)NC(=O)CCNC(=O)c1ccc(Br)cc1. The molecule has 1 aromatic rings. The van der Waals surface area contributed by atoms with Gasteiger partial charge in [0.05, 0.1) is 0 Å². The van der Waals surface area contributed by atoms with Crippen molar-refractivity contribution in [2.75, 3.05) is 6.54 Å². The van der Waals surface area contributed by atoms with E-state index < -0.39 is 5.54 Å². The Labute approximate surface area is 140 Å². The molecule has 0 bridgehead atoms. The molecule has 0 atom stereocenters. The van der Waals surface area contributed by atoms with E-state index in [0.717, 1.165) is 4.47 Å². The van der Waals surface area contributed by atoms with E-state index in [4.69, 9.17) is 6.42 Å². The zero-order valence-electron chi connectivity index (χ0n) is 12.9. The minimum Gasteiger partial charge on any atom is -0.352 e. The Morgan fingerprint density at radius 3 is 2.32 bits per heavy atom. The summed E-state index contributed by atoms with van der Waals surface area (Å²) < 4.78 is 0.910. The average molecular weight is 365 g/mol. The Hall–Kier alpha value is -1.80. The van der Waals surface area contributed by atoms with Gasteiger partial charge in [0.25, 0.3) is 5.91 Å². The first-order valence-corrected chi connectivity index (χ1v) is 8.08. The molecule has 0 saturated heterocycles. The number of nitrogens with one attached hydrogen (secondary N) is 2. The van der Waals surface area contributed by atoms with Gasteiger partial charge in [-0.2, -0.15) is 0 Å². The van der Waals surface area contributed by atoms with Crippen molar-refractivity contribution in [3.63, 3.8) is 0 Å². The highest BCUT2D eigenvalue weighted by Gasteiger charge is 2.24. The molecule has 0 saturated carbocycles. The number of carbonyl (C=O) groups excluding carboxylic acids is 2. The van der Waals surface area contributed by atoms with E-state index in [1.807, 2.05) is 13.8 Å². The number of hydrogen-bond donors (Lipinski definition) is 2. The van der Waals surface area contributed by atoms with Crippen LogP contribution in [0.4, 0.5) is 0 Å². The summed E-state index contributed by atoms with van der Waals surface area (Å²) in [5.41, 5.74) is -0.0315. The molecule has 2 N–H and O–H groups in total. The molecular weight excluding hydrogens is 344 g/mol. The molecular formula is C17H21BrN2O2. The maximum Gasteiger partial charge on any atom is 0.251 e. The normalized spacial score (nSPS) is 10.6. The second-order valence-electron chi connectivity index (χ2n) is 4.99. The fourth-order valence-corrected chi connectivity index (χ4v) is 2.25. The first-order chi connectivity index (χ1) is 10.5. The lowest BCUT2D eigenvalue weighted by Gasteiger charge is -2.27. The predicted octanol–water partition coefficient (Wildman–Crippen LogP) is 2.88. The van der Waals surface area contributed by atoms with E-state index in [9.17, 15) is 9.59 Å². The Kier molecular flexibility index (Phi) is 7.13. The second kappa shape index (κ2) is 8.60. The minimum absolute atomic E-state index is 0.155. The molecule has 0 heterocycles. The van der Waals surface area contributed by atoms with Crippen molar-refractivity contribution in [2.45, 2.75) is 38.6 Å². The quantitative estimate of drug-likeness (QED) is 0.730. The number of amides is 2. The summed E-state index contributed by atoms with van der Waals surface area (Å²) in [5.74, 6) is 2.30. The summed E-state index contributed by atoms with van der Waals surface area (Å²) in [6.45, 7) is 4.16. The van der Waals surface area contributed by atoms with Crippen molar-refractivity contribution in [3.05, 3.63) is 34.3 Å². The molecule has 0 fully saturated rings. The van der Waals surface area contributed by atoms with E-state index in [2.05, 4.69) is 32.5 Å². The van der Waals surface area contributed by atoms with Crippen molar-refractivity contribution in [2.24, 2.45) is 0 Å². The highest BCUT2D eigenvalue weighted by molar-refractivity contribution is 9.10. The van der Waals surface area contributed by atoms with Crippen molar-refractivity contribution in [3.8, 4) is 12.3 Å². The third-order valence-electron chi connectivity index (χ3n) is 3.61. The van der Waals surface area contributed by atoms with Gasteiger partial charge in [0.2, 0.25) is 5.91 Å². The topological polar surface area (TPSA) is 58.2 Å². The highest BCUT2D eigenvalue weighted by Crippen LogP contribution is 2.13. The van der Waals surface area contributed by atoms with Gasteiger partial charge in [0.1, 0.15) is 5.54 Å². The van der Waals surface area contributed by atoms with Gasteiger partial charge in [-0.15, -0.1) is 6.42 Å². The molecule has 0 aliphatic carbocycles. The van der Waals surface area contributed by atoms with Gasteiger partial charge in [0, 0.05) is 23.0 Å². The lowest BCUT2D eigenvalue weighted by Crippen LogP contribution is -2.47. The van der Waals surface area contributed by atoms with Crippen molar-refractivity contribution < 1.29 is 9.59 Å². The molecule has 2 amide bonds. The number of carbonyl (C=O) groups is 2. The van der Waals surface area contributed by atoms with Gasteiger partial charge in [-0.05, 0) is 37.1 Å². The zero-order valence-corrected chi connectivity index (χ0v) is 14.5. The molecule has 0 aromatic heterocycles.